The van der Waals surface area contributed by atoms with E-state index in [1.165, 1.54) is 54.9 Å². The normalized spacial score (nSPS) is 16.0. The number of pyridine rings is 1. The fraction of sp³-hybridized carbons (Fsp3) is 0.219. The quantitative estimate of drug-likeness (QED) is 0.0697. The molecule has 1 amide bonds. The van der Waals surface area contributed by atoms with E-state index in [9.17, 15) is 14.7 Å². The van der Waals surface area contributed by atoms with Gasteiger partial charge < -0.3 is 19.3 Å². The molecule has 230 valence electrons. The van der Waals surface area contributed by atoms with Crippen LogP contribution in [0.25, 0.3) is 11.4 Å². The molecule has 2 aromatic carbocycles. The van der Waals surface area contributed by atoms with Crippen LogP contribution in [-0.4, -0.2) is 57.7 Å². The second kappa shape index (κ2) is 12.3. The van der Waals surface area contributed by atoms with Crippen LogP contribution < -0.4 is 19.1 Å². The molecule has 13 heteroatoms. The third kappa shape index (κ3) is 5.38. The first kappa shape index (κ1) is 30.2. The van der Waals surface area contributed by atoms with Crippen molar-refractivity contribution in [2.24, 2.45) is 0 Å². The van der Waals surface area contributed by atoms with Crippen molar-refractivity contribution in [3.8, 4) is 17.2 Å². The zero-order valence-corrected chi connectivity index (χ0v) is 26.7. The number of aryl methyl sites for hydroxylation is 2. The summed E-state index contributed by atoms with van der Waals surface area (Å²) in [4.78, 5) is 33.5. The molecule has 0 saturated carbocycles. The summed E-state index contributed by atoms with van der Waals surface area (Å²) in [5.41, 5.74) is 3.95. The van der Waals surface area contributed by atoms with E-state index in [0.29, 0.717) is 49.9 Å². The average Bonchev–Trinajstić information content (AvgIpc) is 3.73. The minimum absolute atomic E-state index is 0.132. The molecule has 6 rings (SSSR count). The molecule has 1 fully saturated rings. The molecule has 4 heterocycles. The summed E-state index contributed by atoms with van der Waals surface area (Å²) in [5, 5.41) is 20.7. The lowest BCUT2D eigenvalue weighted by Gasteiger charge is -2.24. The smallest absolute Gasteiger partial charge is 0.301 e. The number of carbonyl (C=O) groups is 2. The van der Waals surface area contributed by atoms with E-state index in [0.717, 1.165) is 5.56 Å². The highest BCUT2D eigenvalue weighted by Gasteiger charge is 2.49. The van der Waals surface area contributed by atoms with E-state index < -0.39 is 17.7 Å². The zero-order chi connectivity index (χ0) is 31.8. The Morgan fingerprint density at radius 2 is 1.69 bits per heavy atom. The van der Waals surface area contributed by atoms with Crippen molar-refractivity contribution in [1.29, 1.82) is 0 Å². The summed E-state index contributed by atoms with van der Waals surface area (Å²) in [7, 11) is 4.43. The van der Waals surface area contributed by atoms with Crippen molar-refractivity contribution in [1.82, 2.24) is 19.6 Å². The predicted octanol–water partition coefficient (Wildman–Crippen LogP) is 5.75. The number of ether oxygens (including phenoxy) is 3. The molecule has 0 radical (unpaired) electrons. The highest BCUT2D eigenvalue weighted by atomic mass is 32.2. The van der Waals surface area contributed by atoms with Crippen LogP contribution in [0.15, 0.2) is 70.7 Å². The number of amides is 1. The van der Waals surface area contributed by atoms with E-state index in [1.54, 1.807) is 41.8 Å². The van der Waals surface area contributed by atoms with Gasteiger partial charge in [0.25, 0.3) is 5.78 Å². The number of benzene rings is 2. The largest absolute Gasteiger partial charge is 0.505 e. The molecular weight excluding hydrogens is 615 g/mol. The van der Waals surface area contributed by atoms with Gasteiger partial charge in [-0.1, -0.05) is 59.0 Å². The molecule has 11 nitrogen and oxygen atoms in total. The van der Waals surface area contributed by atoms with Crippen LogP contribution in [0, 0.1) is 13.8 Å². The highest BCUT2D eigenvalue weighted by molar-refractivity contribution is 8.00. The molecule has 0 spiro atoms. The van der Waals surface area contributed by atoms with Gasteiger partial charge in [-0.3, -0.25) is 18.9 Å². The summed E-state index contributed by atoms with van der Waals surface area (Å²) in [5.74, 6) is -0.482. The van der Waals surface area contributed by atoms with E-state index >= 15 is 0 Å². The molecule has 1 saturated heterocycles. The van der Waals surface area contributed by atoms with Crippen molar-refractivity contribution >= 4 is 51.3 Å². The van der Waals surface area contributed by atoms with Crippen molar-refractivity contribution in [3.05, 3.63) is 94.4 Å². The Morgan fingerprint density at radius 1 is 0.978 bits per heavy atom. The van der Waals surface area contributed by atoms with Crippen molar-refractivity contribution in [2.75, 3.05) is 26.2 Å². The van der Waals surface area contributed by atoms with Crippen molar-refractivity contribution < 1.29 is 28.9 Å². The molecule has 1 unspecified atom stereocenters. The number of aromatic nitrogens is 4. The van der Waals surface area contributed by atoms with Crippen LogP contribution in [0.1, 0.15) is 34.1 Å². The van der Waals surface area contributed by atoms with Gasteiger partial charge in [0.2, 0.25) is 10.9 Å². The molecule has 0 aliphatic carbocycles. The van der Waals surface area contributed by atoms with Crippen molar-refractivity contribution in [3.63, 3.8) is 0 Å². The third-order valence-electron chi connectivity index (χ3n) is 7.46. The summed E-state index contributed by atoms with van der Waals surface area (Å²) in [6, 6.07) is 15.8. The number of ketones is 1. The molecule has 3 aromatic heterocycles. The van der Waals surface area contributed by atoms with E-state index in [2.05, 4.69) is 27.3 Å². The standard InChI is InChI=1S/C32H29N5O6S2/c1-17-9-11-19(12-10-17)16-44-32-35-34-31(45-32)37-26(20-14-21(41-3)29(43-5)22(15-20)42-4)24(28(39)30(37)40)27(38)25-18(2)33-23-8-6-7-13-36(23)25/h6-15,26,38H,16H2,1-5H3. The number of thioether (sulfide) groups is 1. The fourth-order valence-corrected chi connectivity index (χ4v) is 7.14. The number of rotatable bonds is 9. The lowest BCUT2D eigenvalue weighted by Crippen LogP contribution is -2.29. The maximum absolute atomic E-state index is 13.9. The SMILES string of the molecule is COc1cc(C2C(=C(O)c3c(C)nc4ccccn34)C(=O)C(=O)N2c2nnc(SCc3ccc(C)cc3)s2)cc(OC)c1OC. The number of hydrogen-bond donors (Lipinski definition) is 1. The second-order valence-corrected chi connectivity index (χ2v) is 12.4. The topological polar surface area (TPSA) is 128 Å². The maximum Gasteiger partial charge on any atom is 0.301 e. The van der Waals surface area contributed by atoms with E-state index in [4.69, 9.17) is 14.2 Å². The Kier molecular flexibility index (Phi) is 8.21. The number of hydrogen-bond acceptors (Lipinski definition) is 11. The average molecular weight is 644 g/mol. The summed E-state index contributed by atoms with van der Waals surface area (Å²) in [6.07, 6.45) is 1.73. The Bertz CT molecular complexity index is 1940. The van der Waals surface area contributed by atoms with Crippen LogP contribution in [0.5, 0.6) is 17.2 Å². The number of fused-ring (bicyclic) bond motifs is 1. The first-order valence-corrected chi connectivity index (χ1v) is 15.6. The number of aliphatic hydroxyl groups excluding tert-OH is 1. The molecule has 1 aliphatic heterocycles. The van der Waals surface area contributed by atoms with Crippen LogP contribution in [0.3, 0.4) is 0 Å². The first-order chi connectivity index (χ1) is 21.7. The first-order valence-electron chi connectivity index (χ1n) is 13.8. The number of aliphatic hydroxyl groups is 1. The minimum atomic E-state index is -1.10. The minimum Gasteiger partial charge on any atom is -0.505 e. The van der Waals surface area contributed by atoms with Gasteiger partial charge in [-0.25, -0.2) is 4.98 Å². The van der Waals surface area contributed by atoms with Gasteiger partial charge >= 0.3 is 5.91 Å². The van der Waals surface area contributed by atoms with Crippen LogP contribution in [-0.2, 0) is 15.3 Å². The van der Waals surface area contributed by atoms with Crippen molar-refractivity contribution in [2.45, 2.75) is 30.0 Å². The summed E-state index contributed by atoms with van der Waals surface area (Å²) in [6.45, 7) is 3.76. The van der Waals surface area contributed by atoms with Crippen LogP contribution in [0.2, 0.25) is 0 Å². The van der Waals surface area contributed by atoms with Gasteiger partial charge in [0.05, 0.1) is 38.6 Å². The fourth-order valence-electron chi connectivity index (χ4n) is 5.32. The zero-order valence-electron chi connectivity index (χ0n) is 25.1. The Balaban J connectivity index is 1.50. The van der Waals surface area contributed by atoms with Gasteiger partial charge in [0.1, 0.15) is 11.3 Å². The van der Waals surface area contributed by atoms with Gasteiger partial charge in [-0.05, 0) is 49.2 Å². The number of methoxy groups -OCH3 is 3. The van der Waals surface area contributed by atoms with Crippen LogP contribution in [0.4, 0.5) is 5.13 Å². The number of carbonyl (C=O) groups excluding carboxylic acids is 2. The van der Waals surface area contributed by atoms with Crippen LogP contribution >= 0.6 is 23.1 Å². The summed E-state index contributed by atoms with van der Waals surface area (Å²) < 4.78 is 19.0. The maximum atomic E-state index is 13.9. The number of imidazole rings is 1. The molecule has 45 heavy (non-hydrogen) atoms. The third-order valence-corrected chi connectivity index (χ3v) is 9.59. The van der Waals surface area contributed by atoms with Gasteiger partial charge in [-0.2, -0.15) is 0 Å². The summed E-state index contributed by atoms with van der Waals surface area (Å²) >= 11 is 2.66. The predicted molar refractivity (Wildman–Crippen MR) is 171 cm³/mol. The molecule has 1 aliphatic rings. The lowest BCUT2D eigenvalue weighted by atomic mass is 9.95. The molecular formula is C32H29N5O6S2. The second-order valence-electron chi connectivity index (χ2n) is 10.2. The number of Topliss-reactive ketones (excluding diaryl/α,β-unsaturated/α-hetero) is 1. The van der Waals surface area contributed by atoms with E-state index in [-0.39, 0.29) is 16.5 Å². The highest BCUT2D eigenvalue weighted by Crippen LogP contribution is 2.48. The number of nitrogens with zero attached hydrogens (tertiary/aromatic N) is 5. The monoisotopic (exact) mass is 643 g/mol. The van der Waals surface area contributed by atoms with Gasteiger partial charge in [0, 0.05) is 11.9 Å². The molecule has 5 aromatic rings. The molecule has 1 N–H and O–H groups in total. The lowest BCUT2D eigenvalue weighted by molar-refractivity contribution is -0.132. The van der Waals surface area contributed by atoms with E-state index in [1.807, 2.05) is 25.1 Å². The Morgan fingerprint density at radius 3 is 2.36 bits per heavy atom. The molecule has 1 atom stereocenters. The molecule has 0 bridgehead atoms. The Hall–Kier alpha value is -4.88. The Labute approximate surface area is 267 Å². The van der Waals surface area contributed by atoms with Gasteiger partial charge in [-0.15, -0.1) is 10.2 Å². The van der Waals surface area contributed by atoms with Gasteiger partial charge in [0.15, 0.2) is 21.6 Å². The number of anilines is 1.